The fourth-order valence-electron chi connectivity index (χ4n) is 1.15. The van der Waals surface area contributed by atoms with Gasteiger partial charge in [-0.2, -0.15) is 0 Å². The van der Waals surface area contributed by atoms with E-state index in [0.717, 1.165) is 5.75 Å². The number of esters is 1. The number of benzene rings is 1. The Balaban J connectivity index is 2.56. The second-order valence-electron chi connectivity index (χ2n) is 4.05. The Bertz CT molecular complexity index is 352. The van der Waals surface area contributed by atoms with E-state index in [1.54, 1.807) is 45.2 Å². The maximum Gasteiger partial charge on any atom is 0.312 e. The van der Waals surface area contributed by atoms with Gasteiger partial charge in [0.2, 0.25) is 0 Å². The van der Waals surface area contributed by atoms with Crippen LogP contribution in [0.15, 0.2) is 24.3 Å². The fraction of sp³-hybridized carbons (Fsp3) is 0.417. The topological polar surface area (TPSA) is 35.5 Å². The molecule has 0 unspecified atom stereocenters. The summed E-state index contributed by atoms with van der Waals surface area (Å²) in [7, 11) is 1.58. The number of hydrogen-bond acceptors (Lipinski definition) is 3. The van der Waals surface area contributed by atoms with E-state index in [-0.39, 0.29) is 12.4 Å². The molecule has 0 aromatic heterocycles. The first-order valence-corrected chi connectivity index (χ1v) is 5.32. The van der Waals surface area contributed by atoms with Gasteiger partial charge in [-0.3, -0.25) is 4.79 Å². The van der Waals surface area contributed by atoms with Crippen LogP contribution in [-0.2, 0) is 4.79 Å². The molecule has 0 saturated heterocycles. The summed E-state index contributed by atoms with van der Waals surface area (Å²) in [5, 5.41) is 0. The molecule has 0 radical (unpaired) electrons. The van der Waals surface area contributed by atoms with E-state index in [1.807, 2.05) is 0 Å². The number of carbonyl (C=O) groups excluding carboxylic acids is 1. The molecular formula is C12H15ClO3. The lowest BCUT2D eigenvalue weighted by Crippen LogP contribution is -2.20. The maximum atomic E-state index is 11.4. The Morgan fingerprint density at radius 2 is 1.75 bits per heavy atom. The van der Waals surface area contributed by atoms with Crippen LogP contribution in [0.25, 0.3) is 0 Å². The molecule has 1 aromatic rings. The van der Waals surface area contributed by atoms with E-state index < -0.39 is 4.87 Å². The van der Waals surface area contributed by atoms with Gasteiger partial charge in [-0.25, -0.2) is 0 Å². The van der Waals surface area contributed by atoms with Crippen molar-refractivity contribution in [1.82, 2.24) is 0 Å². The Hall–Kier alpha value is -1.22. The van der Waals surface area contributed by atoms with Gasteiger partial charge in [-0.05, 0) is 38.1 Å². The molecular weight excluding hydrogens is 228 g/mol. The van der Waals surface area contributed by atoms with Crippen LogP contribution < -0.4 is 9.47 Å². The second-order valence-corrected chi connectivity index (χ2v) is 5.07. The summed E-state index contributed by atoms with van der Waals surface area (Å²) in [4.78, 5) is 10.9. The van der Waals surface area contributed by atoms with E-state index in [4.69, 9.17) is 21.1 Å². The van der Waals surface area contributed by atoms with E-state index in [1.165, 1.54) is 0 Å². The molecule has 1 aromatic carbocycles. The smallest absolute Gasteiger partial charge is 0.312 e. The molecule has 4 heteroatoms. The zero-order chi connectivity index (χ0) is 12.2. The summed E-state index contributed by atoms with van der Waals surface area (Å²) < 4.78 is 10.1. The van der Waals surface area contributed by atoms with Gasteiger partial charge in [0.15, 0.2) is 0 Å². The predicted molar refractivity (Wildman–Crippen MR) is 63.2 cm³/mol. The number of alkyl halides is 1. The molecule has 0 bridgehead atoms. The lowest BCUT2D eigenvalue weighted by atomic mass is 10.1. The van der Waals surface area contributed by atoms with E-state index >= 15 is 0 Å². The summed E-state index contributed by atoms with van der Waals surface area (Å²) in [6, 6.07) is 6.82. The molecule has 16 heavy (non-hydrogen) atoms. The Morgan fingerprint density at radius 3 is 2.19 bits per heavy atom. The highest BCUT2D eigenvalue weighted by Crippen LogP contribution is 2.21. The molecule has 88 valence electrons. The van der Waals surface area contributed by atoms with Crippen LogP contribution in [0.5, 0.6) is 11.5 Å². The normalized spacial score (nSPS) is 11.0. The minimum Gasteiger partial charge on any atom is -0.497 e. The van der Waals surface area contributed by atoms with Crippen molar-refractivity contribution in [2.24, 2.45) is 0 Å². The van der Waals surface area contributed by atoms with Gasteiger partial charge in [-0.15, -0.1) is 11.6 Å². The number of halogens is 1. The molecule has 0 spiro atoms. The first kappa shape index (κ1) is 12.8. The highest BCUT2D eigenvalue weighted by atomic mass is 35.5. The molecule has 0 aliphatic heterocycles. The van der Waals surface area contributed by atoms with Gasteiger partial charge in [0.05, 0.1) is 13.5 Å². The van der Waals surface area contributed by atoms with Gasteiger partial charge in [0.25, 0.3) is 0 Å². The lowest BCUT2D eigenvalue weighted by molar-refractivity contribution is -0.134. The Kier molecular flexibility index (Phi) is 4.19. The van der Waals surface area contributed by atoms with Crippen LogP contribution in [0.1, 0.15) is 20.3 Å². The van der Waals surface area contributed by atoms with Gasteiger partial charge in [0, 0.05) is 4.87 Å². The van der Waals surface area contributed by atoms with Crippen LogP contribution in [-0.4, -0.2) is 18.0 Å². The molecule has 0 fully saturated rings. The zero-order valence-corrected chi connectivity index (χ0v) is 10.4. The standard InChI is InChI=1S/C12H15ClO3/c1-12(2,13)8-11(14)16-10-6-4-9(15-3)5-7-10/h4-7H,8H2,1-3H3. The fourth-order valence-corrected chi connectivity index (χ4v) is 1.26. The van der Waals surface area contributed by atoms with Crippen molar-refractivity contribution in [2.45, 2.75) is 25.1 Å². The summed E-state index contributed by atoms with van der Waals surface area (Å²) >= 11 is 5.92. The zero-order valence-electron chi connectivity index (χ0n) is 9.62. The average Bonchev–Trinajstić information content (AvgIpc) is 2.16. The first-order valence-electron chi connectivity index (χ1n) is 4.94. The largest absolute Gasteiger partial charge is 0.497 e. The summed E-state index contributed by atoms with van der Waals surface area (Å²) in [6.07, 6.45) is 0.167. The third kappa shape index (κ3) is 4.53. The molecule has 0 aliphatic rings. The van der Waals surface area contributed by atoms with Crippen LogP contribution in [0.2, 0.25) is 0 Å². The predicted octanol–water partition coefficient (Wildman–Crippen LogP) is 3.01. The van der Waals surface area contributed by atoms with Crippen molar-refractivity contribution in [3.8, 4) is 11.5 Å². The van der Waals surface area contributed by atoms with E-state index in [0.29, 0.717) is 5.75 Å². The molecule has 0 atom stereocenters. The third-order valence-electron chi connectivity index (χ3n) is 1.86. The van der Waals surface area contributed by atoms with Gasteiger partial charge in [0.1, 0.15) is 11.5 Å². The minimum absolute atomic E-state index is 0.167. The van der Waals surface area contributed by atoms with Crippen molar-refractivity contribution >= 4 is 17.6 Å². The molecule has 0 saturated carbocycles. The van der Waals surface area contributed by atoms with Crippen molar-refractivity contribution in [3.05, 3.63) is 24.3 Å². The van der Waals surface area contributed by atoms with Crippen molar-refractivity contribution < 1.29 is 14.3 Å². The SMILES string of the molecule is COc1ccc(OC(=O)CC(C)(C)Cl)cc1. The summed E-state index contributed by atoms with van der Waals surface area (Å²) in [5.41, 5.74) is 0. The van der Waals surface area contributed by atoms with Crippen LogP contribution >= 0.6 is 11.6 Å². The highest BCUT2D eigenvalue weighted by molar-refractivity contribution is 6.24. The molecule has 0 heterocycles. The molecule has 0 aliphatic carbocycles. The summed E-state index contributed by atoms with van der Waals surface area (Å²) in [5.74, 6) is 0.870. The van der Waals surface area contributed by atoms with E-state index in [2.05, 4.69) is 0 Å². The Labute approximate surface area is 100 Å². The second kappa shape index (κ2) is 5.21. The molecule has 3 nitrogen and oxygen atoms in total. The Morgan fingerprint density at radius 1 is 1.25 bits per heavy atom. The maximum absolute atomic E-state index is 11.4. The number of carbonyl (C=O) groups is 1. The number of rotatable bonds is 4. The van der Waals surface area contributed by atoms with E-state index in [9.17, 15) is 4.79 Å². The van der Waals surface area contributed by atoms with Crippen molar-refractivity contribution in [1.29, 1.82) is 0 Å². The van der Waals surface area contributed by atoms with Gasteiger partial charge < -0.3 is 9.47 Å². The molecule has 0 amide bonds. The minimum atomic E-state index is -0.580. The van der Waals surface area contributed by atoms with Crippen molar-refractivity contribution in [3.63, 3.8) is 0 Å². The molecule has 0 N–H and O–H groups in total. The van der Waals surface area contributed by atoms with Gasteiger partial charge in [-0.1, -0.05) is 0 Å². The van der Waals surface area contributed by atoms with Crippen LogP contribution in [0, 0.1) is 0 Å². The van der Waals surface area contributed by atoms with Crippen LogP contribution in [0.3, 0.4) is 0 Å². The summed E-state index contributed by atoms with van der Waals surface area (Å²) in [6.45, 7) is 3.54. The van der Waals surface area contributed by atoms with Gasteiger partial charge >= 0.3 is 5.97 Å². The highest BCUT2D eigenvalue weighted by Gasteiger charge is 2.19. The quantitative estimate of drug-likeness (QED) is 0.463. The lowest BCUT2D eigenvalue weighted by Gasteiger charge is -2.14. The third-order valence-corrected chi connectivity index (χ3v) is 1.99. The number of ether oxygens (including phenoxy) is 2. The average molecular weight is 243 g/mol. The van der Waals surface area contributed by atoms with Crippen LogP contribution in [0.4, 0.5) is 0 Å². The number of hydrogen-bond donors (Lipinski definition) is 0. The van der Waals surface area contributed by atoms with Crippen molar-refractivity contribution in [2.75, 3.05) is 7.11 Å². The molecule has 1 rings (SSSR count). The number of methoxy groups -OCH3 is 1. The first-order chi connectivity index (χ1) is 7.40. The monoisotopic (exact) mass is 242 g/mol.